The number of rotatable bonds is 6. The summed E-state index contributed by atoms with van der Waals surface area (Å²) in [6.45, 7) is 6.20. The zero-order chi connectivity index (χ0) is 14.5. The predicted molar refractivity (Wildman–Crippen MR) is 73.5 cm³/mol. The first kappa shape index (κ1) is 16.1. The molecule has 2 nitrogen and oxygen atoms in total. The Morgan fingerprint density at radius 1 is 1.16 bits per heavy atom. The van der Waals surface area contributed by atoms with Crippen LogP contribution in [0.25, 0.3) is 0 Å². The van der Waals surface area contributed by atoms with Gasteiger partial charge in [-0.15, -0.1) is 0 Å². The van der Waals surface area contributed by atoms with Crippen LogP contribution in [0.2, 0.25) is 0 Å². The monoisotopic (exact) mass is 271 g/mol. The molecule has 0 aliphatic heterocycles. The fourth-order valence-electron chi connectivity index (χ4n) is 1.78. The minimum atomic E-state index is -2.41. The molecule has 2 N–H and O–H groups in total. The standard InChI is InChI=1S/C15H23F2NO/c1-15(2,3)12-6-4-11(5-7-12)13(18)8-9-19-10-14(16)17/h4-7,13-14H,8-10,18H2,1-3H3. The molecule has 1 rings (SSSR count). The zero-order valence-electron chi connectivity index (χ0n) is 11.8. The molecule has 0 bridgehead atoms. The summed E-state index contributed by atoms with van der Waals surface area (Å²) in [5, 5.41) is 0. The highest BCUT2D eigenvalue weighted by atomic mass is 19.3. The van der Waals surface area contributed by atoms with Crippen LogP contribution in [0.5, 0.6) is 0 Å². The summed E-state index contributed by atoms with van der Waals surface area (Å²) in [4.78, 5) is 0. The van der Waals surface area contributed by atoms with Crippen LogP contribution in [-0.2, 0) is 10.2 Å². The van der Waals surface area contributed by atoms with Gasteiger partial charge < -0.3 is 10.5 Å². The van der Waals surface area contributed by atoms with E-state index in [1.165, 1.54) is 5.56 Å². The van der Waals surface area contributed by atoms with E-state index in [-0.39, 0.29) is 18.1 Å². The molecule has 0 saturated carbocycles. The summed E-state index contributed by atoms with van der Waals surface area (Å²) in [5.41, 5.74) is 8.37. The Balaban J connectivity index is 2.47. The van der Waals surface area contributed by atoms with Crippen molar-refractivity contribution in [2.75, 3.05) is 13.2 Å². The molecule has 1 atom stereocenters. The lowest BCUT2D eigenvalue weighted by Gasteiger charge is -2.20. The number of nitrogens with two attached hydrogens (primary N) is 1. The minimum absolute atomic E-state index is 0.114. The second-order valence-corrected chi connectivity index (χ2v) is 5.73. The van der Waals surface area contributed by atoms with Crippen molar-refractivity contribution in [3.63, 3.8) is 0 Å². The molecule has 0 aromatic heterocycles. The van der Waals surface area contributed by atoms with Gasteiger partial charge in [0.2, 0.25) is 0 Å². The van der Waals surface area contributed by atoms with Crippen molar-refractivity contribution in [3.8, 4) is 0 Å². The normalized spacial score (nSPS) is 13.8. The molecule has 1 unspecified atom stereocenters. The Morgan fingerprint density at radius 3 is 2.21 bits per heavy atom. The van der Waals surface area contributed by atoms with Gasteiger partial charge in [-0.25, -0.2) is 8.78 Å². The number of halogens is 2. The molecule has 1 aromatic rings. The Bertz CT molecular complexity index is 371. The van der Waals surface area contributed by atoms with E-state index in [9.17, 15) is 8.78 Å². The zero-order valence-corrected chi connectivity index (χ0v) is 11.8. The Labute approximate surface area is 114 Å². The third-order valence-corrected chi connectivity index (χ3v) is 3.02. The Morgan fingerprint density at radius 2 is 1.74 bits per heavy atom. The molecule has 19 heavy (non-hydrogen) atoms. The van der Waals surface area contributed by atoms with Gasteiger partial charge in [-0.3, -0.25) is 0 Å². The van der Waals surface area contributed by atoms with E-state index >= 15 is 0 Å². The van der Waals surface area contributed by atoms with E-state index in [4.69, 9.17) is 10.5 Å². The fourth-order valence-corrected chi connectivity index (χ4v) is 1.78. The first-order valence-electron chi connectivity index (χ1n) is 6.52. The number of hydrogen-bond donors (Lipinski definition) is 1. The summed E-state index contributed by atoms with van der Waals surface area (Å²) < 4.78 is 28.6. The van der Waals surface area contributed by atoms with E-state index in [0.717, 1.165) is 5.56 Å². The molecule has 1 aromatic carbocycles. The minimum Gasteiger partial charge on any atom is -0.375 e. The third-order valence-electron chi connectivity index (χ3n) is 3.02. The predicted octanol–water partition coefficient (Wildman–Crippen LogP) is 3.66. The molecular weight excluding hydrogens is 248 g/mol. The summed E-state index contributed by atoms with van der Waals surface area (Å²) in [6.07, 6.45) is -1.87. The van der Waals surface area contributed by atoms with Crippen LogP contribution >= 0.6 is 0 Å². The lowest BCUT2D eigenvalue weighted by atomic mass is 9.86. The van der Waals surface area contributed by atoms with Crippen molar-refractivity contribution in [1.82, 2.24) is 0 Å². The molecular formula is C15H23F2NO. The summed E-state index contributed by atoms with van der Waals surface area (Å²) in [5.74, 6) is 0. The van der Waals surface area contributed by atoms with Crippen LogP contribution in [0.4, 0.5) is 8.78 Å². The highest BCUT2D eigenvalue weighted by Gasteiger charge is 2.14. The van der Waals surface area contributed by atoms with Crippen LogP contribution in [0.1, 0.15) is 44.4 Å². The molecule has 108 valence electrons. The topological polar surface area (TPSA) is 35.2 Å². The summed E-state index contributed by atoms with van der Waals surface area (Å²) >= 11 is 0. The van der Waals surface area contributed by atoms with Gasteiger partial charge in [0, 0.05) is 12.6 Å². The molecule has 0 aliphatic rings. The van der Waals surface area contributed by atoms with Crippen LogP contribution < -0.4 is 5.73 Å². The maximum Gasteiger partial charge on any atom is 0.261 e. The van der Waals surface area contributed by atoms with E-state index in [2.05, 4.69) is 32.9 Å². The van der Waals surface area contributed by atoms with E-state index < -0.39 is 13.0 Å². The van der Waals surface area contributed by atoms with Crippen molar-refractivity contribution >= 4 is 0 Å². The average Bonchev–Trinajstić information content (AvgIpc) is 2.33. The Hall–Kier alpha value is -1.00. The maximum absolute atomic E-state index is 11.9. The van der Waals surface area contributed by atoms with E-state index in [1.807, 2.05) is 12.1 Å². The van der Waals surface area contributed by atoms with Crippen molar-refractivity contribution in [1.29, 1.82) is 0 Å². The van der Waals surface area contributed by atoms with Crippen LogP contribution in [-0.4, -0.2) is 19.6 Å². The van der Waals surface area contributed by atoms with Gasteiger partial charge in [0.1, 0.15) is 6.61 Å². The number of hydrogen-bond acceptors (Lipinski definition) is 2. The maximum atomic E-state index is 11.9. The summed E-state index contributed by atoms with van der Waals surface area (Å²) in [6, 6.07) is 7.95. The molecule has 0 fully saturated rings. The third kappa shape index (κ3) is 5.66. The fraction of sp³-hybridized carbons (Fsp3) is 0.600. The lowest BCUT2D eigenvalue weighted by molar-refractivity contribution is 0.0152. The Kier molecular flexibility index (Phi) is 5.88. The van der Waals surface area contributed by atoms with Gasteiger partial charge in [0.05, 0.1) is 0 Å². The molecule has 0 spiro atoms. The average molecular weight is 271 g/mol. The largest absolute Gasteiger partial charge is 0.375 e. The molecule has 4 heteroatoms. The first-order valence-corrected chi connectivity index (χ1v) is 6.52. The quantitative estimate of drug-likeness (QED) is 0.801. The molecule has 0 amide bonds. The first-order chi connectivity index (χ1) is 8.80. The SMILES string of the molecule is CC(C)(C)c1ccc(C(N)CCOCC(F)F)cc1. The second-order valence-electron chi connectivity index (χ2n) is 5.73. The number of alkyl halides is 2. The van der Waals surface area contributed by atoms with Gasteiger partial charge in [-0.1, -0.05) is 45.0 Å². The lowest BCUT2D eigenvalue weighted by Crippen LogP contribution is -2.16. The van der Waals surface area contributed by atoms with E-state index in [0.29, 0.717) is 6.42 Å². The van der Waals surface area contributed by atoms with Crippen molar-refractivity contribution in [2.45, 2.75) is 45.1 Å². The number of ether oxygens (including phenoxy) is 1. The van der Waals surface area contributed by atoms with Crippen molar-refractivity contribution in [2.24, 2.45) is 5.73 Å². The molecule has 0 heterocycles. The molecule has 0 saturated heterocycles. The van der Waals surface area contributed by atoms with Crippen molar-refractivity contribution in [3.05, 3.63) is 35.4 Å². The van der Waals surface area contributed by atoms with Crippen LogP contribution in [0.3, 0.4) is 0 Å². The molecule has 0 radical (unpaired) electrons. The second kappa shape index (κ2) is 6.96. The van der Waals surface area contributed by atoms with Crippen molar-refractivity contribution < 1.29 is 13.5 Å². The highest BCUT2D eigenvalue weighted by Crippen LogP contribution is 2.24. The van der Waals surface area contributed by atoms with Gasteiger partial charge in [0.25, 0.3) is 6.43 Å². The van der Waals surface area contributed by atoms with Gasteiger partial charge >= 0.3 is 0 Å². The number of benzene rings is 1. The highest BCUT2D eigenvalue weighted by molar-refractivity contribution is 5.29. The van der Waals surface area contributed by atoms with Crippen LogP contribution in [0, 0.1) is 0 Å². The summed E-state index contributed by atoms with van der Waals surface area (Å²) in [7, 11) is 0. The molecule has 0 aliphatic carbocycles. The van der Waals surface area contributed by atoms with Gasteiger partial charge in [-0.2, -0.15) is 0 Å². The van der Waals surface area contributed by atoms with E-state index in [1.54, 1.807) is 0 Å². The smallest absolute Gasteiger partial charge is 0.261 e. The van der Waals surface area contributed by atoms with Gasteiger partial charge in [-0.05, 0) is 23.0 Å². The van der Waals surface area contributed by atoms with Crippen LogP contribution in [0.15, 0.2) is 24.3 Å². The van der Waals surface area contributed by atoms with Gasteiger partial charge in [0.15, 0.2) is 0 Å².